The fourth-order valence-corrected chi connectivity index (χ4v) is 4.87. The van der Waals surface area contributed by atoms with Crippen LogP contribution in [0.5, 0.6) is 0 Å². The van der Waals surface area contributed by atoms with Crippen LogP contribution in [0.4, 0.5) is 0 Å². The lowest BCUT2D eigenvalue weighted by atomic mass is 10.1. The Hall–Kier alpha value is -1.22. The molecule has 8 heteroatoms. The Morgan fingerprint density at radius 1 is 1.19 bits per heavy atom. The lowest BCUT2D eigenvalue weighted by molar-refractivity contribution is -0.161. The number of aryl methyl sites for hydroxylation is 1. The van der Waals surface area contributed by atoms with E-state index in [1.165, 1.54) is 12.1 Å². The molecule has 6 nitrogen and oxygen atoms in total. The standard InChI is InChI=1S/C19H30O6SSi/c1-14-7-9-17(10-8-14)26(21,22)23-13-16-11-15(12-18(20)24-16)25-27(5,6)19(2,3)4/h7-10,15-16H,11-13H2,1-6H3/t15-,16-/m0/s1. The van der Waals surface area contributed by atoms with Crippen LogP contribution in [0, 0.1) is 6.92 Å². The first-order chi connectivity index (χ1) is 12.3. The van der Waals surface area contributed by atoms with Gasteiger partial charge in [-0.25, -0.2) is 0 Å². The van der Waals surface area contributed by atoms with Gasteiger partial charge in [0.05, 0.1) is 17.4 Å². The molecule has 2 rings (SSSR count). The van der Waals surface area contributed by atoms with Gasteiger partial charge in [0.1, 0.15) is 12.7 Å². The van der Waals surface area contributed by atoms with E-state index in [2.05, 4.69) is 33.9 Å². The van der Waals surface area contributed by atoms with Gasteiger partial charge in [-0.3, -0.25) is 8.98 Å². The molecule has 0 aliphatic carbocycles. The van der Waals surface area contributed by atoms with Gasteiger partial charge < -0.3 is 9.16 Å². The van der Waals surface area contributed by atoms with Crippen LogP contribution < -0.4 is 0 Å². The van der Waals surface area contributed by atoms with E-state index in [4.69, 9.17) is 13.3 Å². The Kier molecular flexibility index (Phi) is 6.56. The molecule has 2 atom stereocenters. The first kappa shape index (κ1) is 22.1. The number of carbonyl (C=O) groups is 1. The summed E-state index contributed by atoms with van der Waals surface area (Å²) < 4.78 is 41.4. The molecule has 0 unspecified atom stereocenters. The molecule has 0 radical (unpaired) electrons. The monoisotopic (exact) mass is 414 g/mol. The van der Waals surface area contributed by atoms with Crippen LogP contribution >= 0.6 is 0 Å². The normalized spacial score (nSPS) is 21.8. The van der Waals surface area contributed by atoms with Gasteiger partial charge in [0, 0.05) is 6.42 Å². The minimum atomic E-state index is -3.89. The molecule has 1 aromatic rings. The van der Waals surface area contributed by atoms with Gasteiger partial charge in [-0.2, -0.15) is 8.42 Å². The molecular weight excluding hydrogens is 384 g/mol. The molecule has 152 valence electrons. The molecule has 0 aromatic heterocycles. The second-order valence-electron chi connectivity index (χ2n) is 8.60. The molecule has 1 aliphatic rings. The van der Waals surface area contributed by atoms with Crippen LogP contribution in [0.1, 0.15) is 39.2 Å². The predicted molar refractivity (Wildman–Crippen MR) is 106 cm³/mol. The third-order valence-electron chi connectivity index (χ3n) is 5.20. The second-order valence-corrected chi connectivity index (χ2v) is 15.0. The van der Waals surface area contributed by atoms with E-state index in [-0.39, 0.29) is 35.0 Å². The minimum Gasteiger partial charge on any atom is -0.460 e. The highest BCUT2D eigenvalue weighted by Crippen LogP contribution is 2.38. The highest BCUT2D eigenvalue weighted by molar-refractivity contribution is 7.86. The summed E-state index contributed by atoms with van der Waals surface area (Å²) in [6, 6.07) is 6.42. The van der Waals surface area contributed by atoms with E-state index in [1.807, 2.05) is 6.92 Å². The summed E-state index contributed by atoms with van der Waals surface area (Å²) in [7, 11) is -5.93. The minimum absolute atomic E-state index is 0.0229. The van der Waals surface area contributed by atoms with Crippen molar-refractivity contribution in [2.75, 3.05) is 6.61 Å². The number of ether oxygens (including phenoxy) is 1. The molecule has 1 fully saturated rings. The molecule has 1 aliphatic heterocycles. The topological polar surface area (TPSA) is 78.9 Å². The second kappa shape index (κ2) is 8.03. The first-order valence-electron chi connectivity index (χ1n) is 9.13. The number of benzene rings is 1. The predicted octanol–water partition coefficient (Wildman–Crippen LogP) is 3.80. The third-order valence-corrected chi connectivity index (χ3v) is 11.0. The molecule has 27 heavy (non-hydrogen) atoms. The summed E-state index contributed by atoms with van der Waals surface area (Å²) in [5.41, 5.74) is 0.959. The Balaban J connectivity index is 2.00. The van der Waals surface area contributed by atoms with Gasteiger partial charge in [0.2, 0.25) is 0 Å². The Morgan fingerprint density at radius 2 is 1.78 bits per heavy atom. The van der Waals surface area contributed by atoms with Crippen LogP contribution in [0.3, 0.4) is 0 Å². The molecule has 1 saturated heterocycles. The highest BCUT2D eigenvalue weighted by Gasteiger charge is 2.41. The van der Waals surface area contributed by atoms with Crippen LogP contribution in [0.2, 0.25) is 18.1 Å². The van der Waals surface area contributed by atoms with Crippen molar-refractivity contribution in [1.29, 1.82) is 0 Å². The fourth-order valence-electron chi connectivity index (χ4n) is 2.57. The number of cyclic esters (lactones) is 1. The Labute approximate surface area is 163 Å². The summed E-state index contributed by atoms with van der Waals surface area (Å²) in [6.07, 6.45) is -0.292. The summed E-state index contributed by atoms with van der Waals surface area (Å²) in [5.74, 6) is -0.383. The zero-order valence-corrected chi connectivity index (χ0v) is 18.8. The van der Waals surface area contributed by atoms with Crippen LogP contribution in [-0.4, -0.2) is 41.5 Å². The van der Waals surface area contributed by atoms with Crippen molar-refractivity contribution in [3.63, 3.8) is 0 Å². The average Bonchev–Trinajstić information content (AvgIpc) is 2.51. The zero-order chi connectivity index (χ0) is 20.5. The number of esters is 1. The summed E-state index contributed by atoms with van der Waals surface area (Å²) in [5, 5.41) is 0.0229. The van der Waals surface area contributed by atoms with Crippen molar-refractivity contribution >= 4 is 24.4 Å². The highest BCUT2D eigenvalue weighted by atomic mass is 32.2. The smallest absolute Gasteiger partial charge is 0.308 e. The zero-order valence-electron chi connectivity index (χ0n) is 16.9. The maximum Gasteiger partial charge on any atom is 0.308 e. The first-order valence-corrected chi connectivity index (χ1v) is 13.5. The van der Waals surface area contributed by atoms with Crippen LogP contribution in [0.15, 0.2) is 29.2 Å². The van der Waals surface area contributed by atoms with Crippen molar-refractivity contribution in [2.24, 2.45) is 0 Å². The molecule has 1 aromatic carbocycles. The quantitative estimate of drug-likeness (QED) is 0.400. The van der Waals surface area contributed by atoms with Gasteiger partial charge in [0.15, 0.2) is 8.32 Å². The van der Waals surface area contributed by atoms with Gasteiger partial charge in [-0.15, -0.1) is 0 Å². The van der Waals surface area contributed by atoms with Crippen molar-refractivity contribution in [1.82, 2.24) is 0 Å². The summed E-state index contributed by atoms with van der Waals surface area (Å²) in [4.78, 5) is 12.0. The number of carbonyl (C=O) groups excluding carboxylic acids is 1. The molecule has 0 bridgehead atoms. The lowest BCUT2D eigenvalue weighted by Gasteiger charge is -2.41. The molecule has 0 N–H and O–H groups in total. The molecule has 0 spiro atoms. The Bertz CT molecular complexity index is 764. The van der Waals surface area contributed by atoms with E-state index in [9.17, 15) is 13.2 Å². The maximum absolute atomic E-state index is 12.3. The molecule has 0 saturated carbocycles. The third kappa shape index (κ3) is 5.87. The van der Waals surface area contributed by atoms with Crippen molar-refractivity contribution in [2.45, 2.75) is 75.8 Å². The number of rotatable bonds is 6. The van der Waals surface area contributed by atoms with Crippen molar-refractivity contribution in [3.05, 3.63) is 29.8 Å². The maximum atomic E-state index is 12.3. The largest absolute Gasteiger partial charge is 0.460 e. The summed E-state index contributed by atoms with van der Waals surface area (Å²) in [6.45, 7) is 12.3. The van der Waals surface area contributed by atoms with Gasteiger partial charge in [-0.05, 0) is 37.2 Å². The SMILES string of the molecule is Cc1ccc(S(=O)(=O)OC[C@@H]2C[C@H](O[Si](C)(C)C(C)(C)C)CC(=O)O2)cc1. The van der Waals surface area contributed by atoms with Crippen molar-refractivity contribution in [3.8, 4) is 0 Å². The molecule has 1 heterocycles. The van der Waals surface area contributed by atoms with Crippen LogP contribution in [-0.2, 0) is 28.3 Å². The average molecular weight is 415 g/mol. The Morgan fingerprint density at radius 3 is 2.33 bits per heavy atom. The fraction of sp³-hybridized carbons (Fsp3) is 0.632. The lowest BCUT2D eigenvalue weighted by Crippen LogP contribution is -2.47. The van der Waals surface area contributed by atoms with E-state index >= 15 is 0 Å². The van der Waals surface area contributed by atoms with Gasteiger partial charge in [-0.1, -0.05) is 38.5 Å². The summed E-state index contributed by atoms with van der Waals surface area (Å²) >= 11 is 0. The van der Waals surface area contributed by atoms with E-state index in [1.54, 1.807) is 12.1 Å². The molecule has 0 amide bonds. The number of hydrogen-bond donors (Lipinski definition) is 0. The van der Waals surface area contributed by atoms with Crippen molar-refractivity contribution < 1.29 is 26.6 Å². The van der Waals surface area contributed by atoms with Crippen LogP contribution in [0.25, 0.3) is 0 Å². The number of hydrogen-bond acceptors (Lipinski definition) is 6. The molecular formula is C19H30O6SSi. The van der Waals surface area contributed by atoms with E-state index in [0.717, 1.165) is 5.56 Å². The van der Waals surface area contributed by atoms with Gasteiger partial charge in [0.25, 0.3) is 10.1 Å². The van der Waals surface area contributed by atoms with E-state index in [0.29, 0.717) is 6.42 Å². The van der Waals surface area contributed by atoms with Gasteiger partial charge >= 0.3 is 5.97 Å². The van der Waals surface area contributed by atoms with E-state index < -0.39 is 24.5 Å².